The largest absolute Gasteiger partial charge is 0.389 e. The number of nitrogens with zero attached hydrogens (tertiary/aromatic N) is 2. The van der Waals surface area contributed by atoms with E-state index < -0.39 is 20.7 Å². The second kappa shape index (κ2) is 9.36. The second-order valence-corrected chi connectivity index (χ2v) is 9.83. The van der Waals surface area contributed by atoms with Gasteiger partial charge in [-0.15, -0.1) is 24.0 Å². The van der Waals surface area contributed by atoms with Gasteiger partial charge in [-0.3, -0.25) is 0 Å². The van der Waals surface area contributed by atoms with Gasteiger partial charge in [0.25, 0.3) is 0 Å². The van der Waals surface area contributed by atoms with Gasteiger partial charge in [0.2, 0.25) is 0 Å². The van der Waals surface area contributed by atoms with Gasteiger partial charge in [-0.25, -0.2) is 13.4 Å². The Bertz CT molecular complexity index is 716. The fourth-order valence-corrected chi connectivity index (χ4v) is 4.18. The number of rotatable bonds is 4. The molecule has 0 bridgehead atoms. The highest BCUT2D eigenvalue weighted by Gasteiger charge is 2.40. The van der Waals surface area contributed by atoms with Gasteiger partial charge in [-0.05, 0) is 38.8 Å². The highest BCUT2D eigenvalue weighted by atomic mass is 127. The Morgan fingerprint density at radius 3 is 2.46 bits per heavy atom. The third-order valence-corrected chi connectivity index (χ3v) is 7.08. The van der Waals surface area contributed by atoms with Crippen molar-refractivity contribution < 1.29 is 13.5 Å². The molecule has 0 saturated carbocycles. The van der Waals surface area contributed by atoms with Crippen molar-refractivity contribution in [3.8, 4) is 0 Å². The molecule has 2 N–H and O–H groups in total. The standard InChI is InChI=1S/C18H29N3O3S.HI/c1-5-19-17(21-10-11-25(23,24)18(3,4)13-21)20-12-15-6-8-16(9-7-15)14(2)22;/h6-9,14,22H,5,10-13H2,1-4H3,(H,19,20);1H. The molecule has 1 unspecified atom stereocenters. The summed E-state index contributed by atoms with van der Waals surface area (Å²) in [5.74, 6) is 0.887. The van der Waals surface area contributed by atoms with Gasteiger partial charge in [0.05, 0.1) is 23.1 Å². The van der Waals surface area contributed by atoms with Gasteiger partial charge in [0.1, 0.15) is 0 Å². The van der Waals surface area contributed by atoms with E-state index in [1.165, 1.54) is 0 Å². The first-order chi connectivity index (χ1) is 11.7. The quantitative estimate of drug-likeness (QED) is 0.381. The molecule has 8 heteroatoms. The van der Waals surface area contributed by atoms with E-state index in [9.17, 15) is 13.5 Å². The van der Waals surface area contributed by atoms with Crippen molar-refractivity contribution in [2.24, 2.45) is 4.99 Å². The number of hydrogen-bond acceptors (Lipinski definition) is 4. The van der Waals surface area contributed by atoms with Crippen LogP contribution in [-0.4, -0.2) is 54.5 Å². The van der Waals surface area contributed by atoms with E-state index >= 15 is 0 Å². The van der Waals surface area contributed by atoms with E-state index in [1.807, 2.05) is 36.1 Å². The molecule has 2 rings (SSSR count). The van der Waals surface area contributed by atoms with Crippen LogP contribution >= 0.6 is 24.0 Å². The first-order valence-corrected chi connectivity index (χ1v) is 10.3. The van der Waals surface area contributed by atoms with E-state index in [1.54, 1.807) is 20.8 Å². The minimum Gasteiger partial charge on any atom is -0.389 e. The molecule has 1 aromatic rings. The lowest BCUT2D eigenvalue weighted by molar-refractivity contribution is 0.199. The Morgan fingerprint density at radius 2 is 1.96 bits per heavy atom. The number of aliphatic imine (C=N–C) groups is 1. The van der Waals surface area contributed by atoms with Crippen LogP contribution in [0.15, 0.2) is 29.3 Å². The summed E-state index contributed by atoms with van der Waals surface area (Å²) in [5, 5.41) is 12.8. The molecule has 0 radical (unpaired) electrons. The van der Waals surface area contributed by atoms with E-state index in [4.69, 9.17) is 0 Å². The van der Waals surface area contributed by atoms with E-state index in [2.05, 4.69) is 10.3 Å². The van der Waals surface area contributed by atoms with Crippen LogP contribution in [0, 0.1) is 0 Å². The Morgan fingerprint density at radius 1 is 1.35 bits per heavy atom. The summed E-state index contributed by atoms with van der Waals surface area (Å²) in [4.78, 5) is 6.69. The predicted molar refractivity (Wildman–Crippen MR) is 117 cm³/mol. The number of aliphatic hydroxyl groups excluding tert-OH is 1. The van der Waals surface area contributed by atoms with Crippen LogP contribution in [0.3, 0.4) is 0 Å². The third-order valence-electron chi connectivity index (χ3n) is 4.55. The molecule has 1 aliphatic heterocycles. The summed E-state index contributed by atoms with van der Waals surface area (Å²) < 4.78 is 23.6. The summed E-state index contributed by atoms with van der Waals surface area (Å²) in [6.45, 7) is 9.40. The van der Waals surface area contributed by atoms with Crippen LogP contribution < -0.4 is 5.32 Å². The zero-order valence-electron chi connectivity index (χ0n) is 15.9. The summed E-state index contributed by atoms with van der Waals surface area (Å²) >= 11 is 0. The van der Waals surface area contributed by atoms with Crippen molar-refractivity contribution in [2.75, 3.05) is 25.4 Å². The highest BCUT2D eigenvalue weighted by Crippen LogP contribution is 2.24. The van der Waals surface area contributed by atoms with E-state index in [0.717, 1.165) is 23.6 Å². The highest BCUT2D eigenvalue weighted by molar-refractivity contribution is 14.0. The van der Waals surface area contributed by atoms with Crippen LogP contribution in [0.4, 0.5) is 0 Å². The van der Waals surface area contributed by atoms with Crippen LogP contribution in [0.5, 0.6) is 0 Å². The number of hydrogen-bond donors (Lipinski definition) is 2. The van der Waals surface area contributed by atoms with Gasteiger partial charge in [-0.2, -0.15) is 0 Å². The van der Waals surface area contributed by atoms with Crippen LogP contribution in [-0.2, 0) is 16.4 Å². The number of halogens is 1. The average Bonchev–Trinajstić information content (AvgIpc) is 2.54. The van der Waals surface area contributed by atoms with Crippen molar-refractivity contribution >= 4 is 39.8 Å². The van der Waals surface area contributed by atoms with Crippen LogP contribution in [0.25, 0.3) is 0 Å². The minimum atomic E-state index is -3.07. The van der Waals surface area contributed by atoms with Gasteiger partial charge in [0.15, 0.2) is 15.8 Å². The van der Waals surface area contributed by atoms with Crippen LogP contribution in [0.2, 0.25) is 0 Å². The molecule has 1 aliphatic rings. The van der Waals surface area contributed by atoms with Gasteiger partial charge in [-0.1, -0.05) is 24.3 Å². The Hall–Kier alpha value is -0.870. The van der Waals surface area contributed by atoms with E-state index in [-0.39, 0.29) is 29.7 Å². The lowest BCUT2D eigenvalue weighted by Gasteiger charge is -2.39. The molecule has 1 heterocycles. The Balaban J connectivity index is 0.00000338. The number of nitrogens with one attached hydrogen (secondary N) is 1. The predicted octanol–water partition coefficient (Wildman–Crippen LogP) is 2.33. The van der Waals surface area contributed by atoms with E-state index in [0.29, 0.717) is 19.6 Å². The molecule has 1 fully saturated rings. The van der Waals surface area contributed by atoms with Gasteiger partial charge >= 0.3 is 0 Å². The molecule has 1 atom stereocenters. The normalized spacial score (nSPS) is 20.2. The molecule has 26 heavy (non-hydrogen) atoms. The Labute approximate surface area is 174 Å². The first kappa shape index (κ1) is 23.2. The smallest absolute Gasteiger partial charge is 0.194 e. The van der Waals surface area contributed by atoms with Crippen molar-refractivity contribution in [1.29, 1.82) is 0 Å². The zero-order chi connectivity index (χ0) is 18.7. The van der Waals surface area contributed by atoms with Gasteiger partial charge in [0, 0.05) is 19.6 Å². The summed E-state index contributed by atoms with van der Waals surface area (Å²) in [7, 11) is -3.07. The topological polar surface area (TPSA) is 82.0 Å². The SMILES string of the molecule is CCNC(=NCc1ccc(C(C)O)cc1)N1CCS(=O)(=O)C(C)(C)C1.I. The third kappa shape index (κ3) is 5.56. The maximum atomic E-state index is 12.2. The summed E-state index contributed by atoms with van der Waals surface area (Å²) in [6, 6.07) is 7.72. The number of guanidine groups is 1. The molecule has 0 spiro atoms. The molecule has 1 saturated heterocycles. The molecular weight excluding hydrogens is 465 g/mol. The first-order valence-electron chi connectivity index (χ1n) is 8.69. The fourth-order valence-electron chi connectivity index (χ4n) is 2.82. The summed E-state index contributed by atoms with van der Waals surface area (Å²) in [5.41, 5.74) is 1.92. The van der Waals surface area contributed by atoms with Crippen molar-refractivity contribution in [1.82, 2.24) is 10.2 Å². The molecule has 6 nitrogen and oxygen atoms in total. The number of aliphatic hydroxyl groups is 1. The molecule has 0 aromatic heterocycles. The lowest BCUT2D eigenvalue weighted by atomic mass is 10.1. The lowest BCUT2D eigenvalue weighted by Crippen LogP contribution is -2.57. The fraction of sp³-hybridized carbons (Fsp3) is 0.611. The second-order valence-electron chi connectivity index (χ2n) is 7.09. The molecule has 1 aromatic carbocycles. The number of sulfone groups is 1. The maximum Gasteiger partial charge on any atom is 0.194 e. The molecule has 148 valence electrons. The molecule has 0 aliphatic carbocycles. The minimum absolute atomic E-state index is 0. The van der Waals surface area contributed by atoms with Crippen molar-refractivity contribution in [3.63, 3.8) is 0 Å². The Kier molecular flexibility index (Phi) is 8.34. The van der Waals surface area contributed by atoms with Crippen LogP contribution in [0.1, 0.15) is 44.9 Å². The van der Waals surface area contributed by atoms with Crippen molar-refractivity contribution in [2.45, 2.75) is 45.1 Å². The maximum absolute atomic E-state index is 12.2. The van der Waals surface area contributed by atoms with Gasteiger partial charge < -0.3 is 15.3 Å². The number of benzene rings is 1. The zero-order valence-corrected chi connectivity index (χ0v) is 19.0. The summed E-state index contributed by atoms with van der Waals surface area (Å²) in [6.07, 6.45) is -0.479. The van der Waals surface area contributed by atoms with Crippen molar-refractivity contribution in [3.05, 3.63) is 35.4 Å². The average molecular weight is 495 g/mol. The monoisotopic (exact) mass is 495 g/mol. The molecular formula is C18H30IN3O3S. The molecule has 0 amide bonds.